The highest BCUT2D eigenvalue weighted by Crippen LogP contribution is 2.00. The first kappa shape index (κ1) is 11.1. The van der Waals surface area contributed by atoms with E-state index in [4.69, 9.17) is 5.26 Å². The van der Waals surface area contributed by atoms with Crippen molar-refractivity contribution < 1.29 is 0 Å². The van der Waals surface area contributed by atoms with E-state index in [1.807, 2.05) is 36.4 Å². The van der Waals surface area contributed by atoms with Crippen molar-refractivity contribution >= 4 is 0 Å². The highest BCUT2D eigenvalue weighted by Gasteiger charge is 1.99. The van der Waals surface area contributed by atoms with Crippen molar-refractivity contribution in [3.05, 3.63) is 64.3 Å². The molecule has 0 aliphatic rings. The van der Waals surface area contributed by atoms with Gasteiger partial charge in [-0.1, -0.05) is 30.3 Å². The third-order valence-electron chi connectivity index (χ3n) is 2.48. The third kappa shape index (κ3) is 2.79. The smallest absolute Gasteiger partial charge is 0.254 e. The predicted molar refractivity (Wildman–Crippen MR) is 63.4 cm³/mol. The first-order valence-corrected chi connectivity index (χ1v) is 5.30. The molecule has 0 amide bonds. The Balaban J connectivity index is 2.11. The summed E-state index contributed by atoms with van der Waals surface area (Å²) in [4.78, 5) is 15.5. The highest BCUT2D eigenvalue weighted by atomic mass is 16.1. The van der Waals surface area contributed by atoms with Crippen LogP contribution in [0.4, 0.5) is 0 Å². The lowest BCUT2D eigenvalue weighted by atomic mass is 10.1. The van der Waals surface area contributed by atoms with Gasteiger partial charge in [-0.3, -0.25) is 9.36 Å². The molecule has 0 fully saturated rings. The minimum Gasteiger partial charge on any atom is -0.299 e. The van der Waals surface area contributed by atoms with Gasteiger partial charge in [0.15, 0.2) is 0 Å². The van der Waals surface area contributed by atoms with Crippen molar-refractivity contribution in [1.82, 2.24) is 9.55 Å². The van der Waals surface area contributed by atoms with Crippen LogP contribution in [0.1, 0.15) is 11.3 Å². The molecule has 0 atom stereocenters. The molecule has 0 saturated carbocycles. The van der Waals surface area contributed by atoms with E-state index in [0.717, 1.165) is 6.42 Å². The molecular formula is C13H11N3O. The monoisotopic (exact) mass is 225 g/mol. The Hall–Kier alpha value is -2.41. The van der Waals surface area contributed by atoms with Gasteiger partial charge in [0.05, 0.1) is 6.33 Å². The van der Waals surface area contributed by atoms with Crippen molar-refractivity contribution in [1.29, 1.82) is 5.26 Å². The van der Waals surface area contributed by atoms with E-state index in [1.165, 1.54) is 22.5 Å². The molecule has 0 unspecified atom stereocenters. The van der Waals surface area contributed by atoms with Gasteiger partial charge in [-0.15, -0.1) is 0 Å². The second kappa shape index (κ2) is 5.08. The Bertz CT molecular complexity index is 596. The lowest BCUT2D eigenvalue weighted by Crippen LogP contribution is -2.21. The summed E-state index contributed by atoms with van der Waals surface area (Å²) in [5.74, 6) is 0. The van der Waals surface area contributed by atoms with Gasteiger partial charge in [0.25, 0.3) is 5.56 Å². The highest BCUT2D eigenvalue weighted by molar-refractivity contribution is 5.17. The molecule has 2 rings (SSSR count). The van der Waals surface area contributed by atoms with Crippen LogP contribution in [0.25, 0.3) is 0 Å². The minimum absolute atomic E-state index is 0.158. The average Bonchev–Trinajstić information content (AvgIpc) is 2.38. The fourth-order valence-electron chi connectivity index (χ4n) is 1.55. The van der Waals surface area contributed by atoms with Gasteiger partial charge in [0.1, 0.15) is 11.8 Å². The Morgan fingerprint density at radius 2 is 2.06 bits per heavy atom. The average molecular weight is 225 g/mol. The van der Waals surface area contributed by atoms with E-state index >= 15 is 0 Å². The quantitative estimate of drug-likeness (QED) is 0.792. The molecule has 0 aliphatic heterocycles. The Morgan fingerprint density at radius 3 is 2.71 bits per heavy atom. The maximum atomic E-state index is 11.6. The van der Waals surface area contributed by atoms with Crippen LogP contribution in [0.5, 0.6) is 0 Å². The van der Waals surface area contributed by atoms with Crippen molar-refractivity contribution in [2.75, 3.05) is 0 Å². The Morgan fingerprint density at radius 1 is 1.29 bits per heavy atom. The summed E-state index contributed by atoms with van der Waals surface area (Å²) in [6.45, 7) is 0.571. The van der Waals surface area contributed by atoms with Crippen LogP contribution in [-0.4, -0.2) is 9.55 Å². The van der Waals surface area contributed by atoms with Crippen LogP contribution >= 0.6 is 0 Å². The van der Waals surface area contributed by atoms with Crippen LogP contribution < -0.4 is 5.56 Å². The lowest BCUT2D eigenvalue weighted by Gasteiger charge is -2.04. The number of hydrogen-bond donors (Lipinski definition) is 0. The molecule has 0 N–H and O–H groups in total. The second-order valence-corrected chi connectivity index (χ2v) is 3.65. The second-order valence-electron chi connectivity index (χ2n) is 3.65. The summed E-state index contributed by atoms with van der Waals surface area (Å²) in [6, 6.07) is 13.0. The standard InChI is InChI=1S/C13H11N3O/c14-9-12-8-13(17)16(10-15-12)7-6-11-4-2-1-3-5-11/h1-5,8,10H,6-7H2. The molecule has 1 aromatic carbocycles. The maximum absolute atomic E-state index is 11.6. The zero-order chi connectivity index (χ0) is 12.1. The van der Waals surface area contributed by atoms with Crippen LogP contribution in [0.2, 0.25) is 0 Å². The van der Waals surface area contributed by atoms with Gasteiger partial charge in [0, 0.05) is 12.6 Å². The summed E-state index contributed by atoms with van der Waals surface area (Å²) in [5, 5.41) is 8.60. The van der Waals surface area contributed by atoms with Crippen LogP contribution in [-0.2, 0) is 13.0 Å². The van der Waals surface area contributed by atoms with Gasteiger partial charge < -0.3 is 0 Å². The van der Waals surface area contributed by atoms with Crippen LogP contribution in [0.3, 0.4) is 0 Å². The molecule has 1 aromatic heterocycles. The van der Waals surface area contributed by atoms with E-state index in [9.17, 15) is 4.79 Å². The number of nitrogens with zero attached hydrogens (tertiary/aromatic N) is 3. The Labute approximate surface area is 98.8 Å². The summed E-state index contributed by atoms with van der Waals surface area (Å²) in [7, 11) is 0. The number of aryl methyl sites for hydroxylation is 2. The van der Waals surface area contributed by atoms with E-state index in [0.29, 0.717) is 6.54 Å². The molecular weight excluding hydrogens is 214 g/mol. The molecule has 0 saturated heterocycles. The zero-order valence-electron chi connectivity index (χ0n) is 9.21. The summed E-state index contributed by atoms with van der Waals surface area (Å²) < 4.78 is 1.51. The first-order chi connectivity index (χ1) is 8.29. The first-order valence-electron chi connectivity index (χ1n) is 5.30. The minimum atomic E-state index is -0.188. The molecule has 0 radical (unpaired) electrons. The van der Waals surface area contributed by atoms with E-state index in [1.54, 1.807) is 0 Å². The Kier molecular flexibility index (Phi) is 3.31. The van der Waals surface area contributed by atoms with Crippen molar-refractivity contribution in [3.63, 3.8) is 0 Å². The molecule has 4 heteroatoms. The number of aromatic nitrogens is 2. The van der Waals surface area contributed by atoms with Gasteiger partial charge in [0.2, 0.25) is 0 Å². The summed E-state index contributed by atoms with van der Waals surface area (Å²) in [6.07, 6.45) is 2.19. The molecule has 0 bridgehead atoms. The van der Waals surface area contributed by atoms with Crippen molar-refractivity contribution in [2.24, 2.45) is 0 Å². The summed E-state index contributed by atoms with van der Waals surface area (Å²) >= 11 is 0. The van der Waals surface area contributed by atoms with Crippen molar-refractivity contribution in [3.8, 4) is 6.07 Å². The molecule has 2 aromatic rings. The molecule has 0 spiro atoms. The van der Waals surface area contributed by atoms with E-state index in [2.05, 4.69) is 4.98 Å². The molecule has 84 valence electrons. The lowest BCUT2D eigenvalue weighted by molar-refractivity contribution is 0.653. The largest absolute Gasteiger partial charge is 0.299 e. The maximum Gasteiger partial charge on any atom is 0.254 e. The number of benzene rings is 1. The fraction of sp³-hybridized carbons (Fsp3) is 0.154. The topological polar surface area (TPSA) is 58.7 Å². The summed E-state index contributed by atoms with van der Waals surface area (Å²) in [5.41, 5.74) is 1.14. The molecule has 0 aliphatic carbocycles. The molecule has 17 heavy (non-hydrogen) atoms. The molecule has 1 heterocycles. The van der Waals surface area contributed by atoms with E-state index in [-0.39, 0.29) is 11.3 Å². The normalized spacial score (nSPS) is 9.82. The van der Waals surface area contributed by atoms with Gasteiger partial charge in [-0.25, -0.2) is 4.98 Å². The predicted octanol–water partition coefficient (Wildman–Crippen LogP) is 1.36. The number of rotatable bonds is 3. The molecule has 4 nitrogen and oxygen atoms in total. The van der Waals surface area contributed by atoms with Gasteiger partial charge in [-0.05, 0) is 12.0 Å². The SMILES string of the molecule is N#Cc1cc(=O)n(CCc2ccccc2)cn1. The zero-order valence-corrected chi connectivity index (χ0v) is 9.21. The van der Waals surface area contributed by atoms with E-state index < -0.39 is 0 Å². The van der Waals surface area contributed by atoms with Gasteiger partial charge in [-0.2, -0.15) is 5.26 Å². The van der Waals surface area contributed by atoms with Gasteiger partial charge >= 0.3 is 0 Å². The van der Waals surface area contributed by atoms with Crippen LogP contribution in [0, 0.1) is 11.3 Å². The van der Waals surface area contributed by atoms with Crippen molar-refractivity contribution in [2.45, 2.75) is 13.0 Å². The number of nitriles is 1. The fourth-order valence-corrected chi connectivity index (χ4v) is 1.55. The number of hydrogen-bond acceptors (Lipinski definition) is 3. The third-order valence-corrected chi connectivity index (χ3v) is 2.48. The van der Waals surface area contributed by atoms with Crippen LogP contribution in [0.15, 0.2) is 47.5 Å².